The highest BCUT2D eigenvalue weighted by Crippen LogP contribution is 2.22. The minimum atomic E-state index is -0.447. The zero-order chi connectivity index (χ0) is 9.84. The highest BCUT2D eigenvalue weighted by molar-refractivity contribution is 5.64. The highest BCUT2D eigenvalue weighted by atomic mass is 16.6. The topological polar surface area (TPSA) is 43.1 Å². The molecular weight excluding hydrogens is 166 g/mol. The van der Waals surface area contributed by atoms with E-state index in [9.17, 15) is 10.1 Å². The third-order valence-corrected chi connectivity index (χ3v) is 1.67. The molecule has 0 aliphatic heterocycles. The van der Waals surface area contributed by atoms with Gasteiger partial charge in [-0.25, -0.2) is 0 Å². The number of rotatable bonds is 3. The molecule has 0 saturated heterocycles. The Morgan fingerprint density at radius 3 is 2.69 bits per heavy atom. The lowest BCUT2D eigenvalue weighted by Gasteiger charge is -2.00. The second-order valence-electron chi connectivity index (χ2n) is 2.38. The molecule has 0 N–H and O–H groups in total. The van der Waals surface area contributed by atoms with Crippen LogP contribution in [0.15, 0.2) is 31.4 Å². The van der Waals surface area contributed by atoms with E-state index < -0.39 is 4.92 Å². The fourth-order valence-electron chi connectivity index (χ4n) is 1.08. The second-order valence-corrected chi connectivity index (χ2v) is 2.38. The summed E-state index contributed by atoms with van der Waals surface area (Å²) in [6, 6.07) is 4.73. The summed E-state index contributed by atoms with van der Waals surface area (Å²) in [4.78, 5) is 10.1. The lowest BCUT2D eigenvalue weighted by Crippen LogP contribution is -1.93. The lowest BCUT2D eigenvalue weighted by atomic mass is 10.1. The van der Waals surface area contributed by atoms with Crippen molar-refractivity contribution in [1.29, 1.82) is 0 Å². The van der Waals surface area contributed by atoms with Crippen LogP contribution in [0, 0.1) is 16.2 Å². The zero-order valence-electron chi connectivity index (χ0n) is 6.99. The van der Waals surface area contributed by atoms with E-state index in [0.29, 0.717) is 11.1 Å². The van der Waals surface area contributed by atoms with Gasteiger partial charge in [-0.05, 0) is 11.6 Å². The molecule has 3 heteroatoms. The smallest absolute Gasteiger partial charge is 0.258 e. The van der Waals surface area contributed by atoms with Gasteiger partial charge in [-0.3, -0.25) is 10.1 Å². The average molecular weight is 174 g/mol. The van der Waals surface area contributed by atoms with Crippen LogP contribution in [-0.4, -0.2) is 4.92 Å². The summed E-state index contributed by atoms with van der Waals surface area (Å²) < 4.78 is 0. The van der Waals surface area contributed by atoms with E-state index in [4.69, 9.17) is 0 Å². The van der Waals surface area contributed by atoms with Gasteiger partial charge in [-0.15, -0.1) is 0 Å². The van der Waals surface area contributed by atoms with Gasteiger partial charge >= 0.3 is 0 Å². The van der Waals surface area contributed by atoms with E-state index in [-0.39, 0.29) is 5.69 Å². The molecule has 0 heterocycles. The number of nitro benzene ring substituents is 1. The van der Waals surface area contributed by atoms with Crippen molar-refractivity contribution in [3.63, 3.8) is 0 Å². The molecule has 65 valence electrons. The fraction of sp³-hybridized carbons (Fsp3) is 0. The van der Waals surface area contributed by atoms with Crippen molar-refractivity contribution >= 4 is 11.8 Å². The van der Waals surface area contributed by atoms with Crippen LogP contribution in [0.3, 0.4) is 0 Å². The molecule has 0 aromatic heterocycles. The largest absolute Gasteiger partial charge is 0.277 e. The first kappa shape index (κ1) is 9.19. The molecule has 0 aliphatic carbocycles. The molecule has 3 nitrogen and oxygen atoms in total. The molecule has 0 spiro atoms. The molecule has 0 atom stereocenters. The summed E-state index contributed by atoms with van der Waals surface area (Å²) in [7, 11) is 0. The Bertz CT molecular complexity index is 369. The van der Waals surface area contributed by atoms with E-state index >= 15 is 0 Å². The van der Waals surface area contributed by atoms with Crippen LogP contribution in [0.1, 0.15) is 11.1 Å². The Balaban J connectivity index is 3.43. The normalized spacial score (nSPS) is 9.23. The summed E-state index contributed by atoms with van der Waals surface area (Å²) >= 11 is 0. The Kier molecular flexibility index (Phi) is 2.59. The van der Waals surface area contributed by atoms with E-state index in [1.54, 1.807) is 12.1 Å². The Labute approximate surface area is 76.2 Å². The molecule has 1 radical (unpaired) electrons. The minimum absolute atomic E-state index is 0.0312. The molecule has 0 unspecified atom stereocenters. The maximum absolute atomic E-state index is 10.6. The first-order valence-corrected chi connectivity index (χ1v) is 3.63. The predicted molar refractivity (Wildman–Crippen MR) is 51.2 cm³/mol. The van der Waals surface area contributed by atoms with Crippen molar-refractivity contribution in [2.24, 2.45) is 0 Å². The van der Waals surface area contributed by atoms with Gasteiger partial charge in [0.25, 0.3) is 5.69 Å². The molecular formula is C10H8NO2. The van der Waals surface area contributed by atoms with Gasteiger partial charge in [0, 0.05) is 6.07 Å². The molecule has 1 rings (SSSR count). The summed E-state index contributed by atoms with van der Waals surface area (Å²) in [5.74, 6) is 0. The molecule has 1 aromatic carbocycles. The van der Waals surface area contributed by atoms with Crippen molar-refractivity contribution in [2.45, 2.75) is 0 Å². The van der Waals surface area contributed by atoms with Crippen LogP contribution in [0.4, 0.5) is 5.69 Å². The van der Waals surface area contributed by atoms with Crippen molar-refractivity contribution in [1.82, 2.24) is 0 Å². The predicted octanol–water partition coefficient (Wildman–Crippen LogP) is 2.58. The Hall–Kier alpha value is -1.90. The van der Waals surface area contributed by atoms with Crippen molar-refractivity contribution in [3.8, 4) is 0 Å². The molecule has 13 heavy (non-hydrogen) atoms. The van der Waals surface area contributed by atoms with Gasteiger partial charge in [0.2, 0.25) is 0 Å². The minimum Gasteiger partial charge on any atom is -0.258 e. The van der Waals surface area contributed by atoms with Crippen LogP contribution < -0.4 is 0 Å². The first-order valence-electron chi connectivity index (χ1n) is 3.63. The van der Waals surface area contributed by atoms with Gasteiger partial charge in [-0.2, -0.15) is 0 Å². The van der Waals surface area contributed by atoms with Gasteiger partial charge in [-0.1, -0.05) is 31.4 Å². The Morgan fingerprint density at radius 2 is 2.23 bits per heavy atom. The van der Waals surface area contributed by atoms with Crippen LogP contribution in [-0.2, 0) is 0 Å². The number of nitrogens with zero attached hydrogens (tertiary/aromatic N) is 1. The SMILES string of the molecule is C=[C]c1cccc([N+](=O)[O-])c1C=C. The number of nitro groups is 1. The van der Waals surface area contributed by atoms with Crippen LogP contribution in [0.5, 0.6) is 0 Å². The van der Waals surface area contributed by atoms with Gasteiger partial charge in [0.05, 0.1) is 10.5 Å². The highest BCUT2D eigenvalue weighted by Gasteiger charge is 2.12. The quantitative estimate of drug-likeness (QED) is 0.522. The monoisotopic (exact) mass is 174 g/mol. The second kappa shape index (κ2) is 3.67. The third kappa shape index (κ3) is 1.64. The van der Waals surface area contributed by atoms with E-state index in [0.717, 1.165) is 0 Å². The molecule has 1 aromatic rings. The van der Waals surface area contributed by atoms with Gasteiger partial charge in [0.1, 0.15) is 0 Å². The van der Waals surface area contributed by atoms with Crippen molar-refractivity contribution in [3.05, 3.63) is 58.7 Å². The number of hydrogen-bond acceptors (Lipinski definition) is 2. The summed E-state index contributed by atoms with van der Waals surface area (Å²) in [6.45, 7) is 6.95. The lowest BCUT2D eigenvalue weighted by molar-refractivity contribution is -0.385. The number of benzene rings is 1. The van der Waals surface area contributed by atoms with Gasteiger partial charge < -0.3 is 0 Å². The number of hydrogen-bond donors (Lipinski definition) is 0. The average Bonchev–Trinajstić information content (AvgIpc) is 2.16. The fourth-order valence-corrected chi connectivity index (χ4v) is 1.08. The molecule has 0 fully saturated rings. The van der Waals surface area contributed by atoms with Crippen molar-refractivity contribution < 1.29 is 4.92 Å². The van der Waals surface area contributed by atoms with E-state index in [1.165, 1.54) is 12.1 Å². The first-order chi connectivity index (χ1) is 6.20. The van der Waals surface area contributed by atoms with E-state index in [1.807, 2.05) is 0 Å². The van der Waals surface area contributed by atoms with Crippen molar-refractivity contribution in [2.75, 3.05) is 0 Å². The van der Waals surface area contributed by atoms with E-state index in [2.05, 4.69) is 19.2 Å². The van der Waals surface area contributed by atoms with Crippen LogP contribution in [0.2, 0.25) is 0 Å². The molecule has 0 amide bonds. The third-order valence-electron chi connectivity index (χ3n) is 1.67. The zero-order valence-corrected chi connectivity index (χ0v) is 6.99. The summed E-state index contributed by atoms with van der Waals surface area (Å²) in [6.07, 6.45) is 4.05. The summed E-state index contributed by atoms with van der Waals surface area (Å²) in [5, 5.41) is 10.6. The van der Waals surface area contributed by atoms with Crippen LogP contribution in [0.25, 0.3) is 6.08 Å². The Morgan fingerprint density at radius 1 is 1.54 bits per heavy atom. The molecule has 0 saturated carbocycles. The molecule has 0 aliphatic rings. The van der Waals surface area contributed by atoms with Crippen LogP contribution >= 0.6 is 0 Å². The maximum atomic E-state index is 10.6. The molecule has 0 bridgehead atoms. The van der Waals surface area contributed by atoms with Gasteiger partial charge in [0.15, 0.2) is 0 Å². The summed E-state index contributed by atoms with van der Waals surface area (Å²) in [5.41, 5.74) is 1.09. The standard InChI is InChI=1S/C10H8NO2/c1-3-8-6-5-7-10(11(12)13)9(8)4-2/h4-7H,1-2H2. The maximum Gasteiger partial charge on any atom is 0.277 e.